The highest BCUT2D eigenvalue weighted by molar-refractivity contribution is 9.10. The lowest BCUT2D eigenvalue weighted by Crippen LogP contribution is -2.15. The zero-order valence-electron chi connectivity index (χ0n) is 7.56. The van der Waals surface area contributed by atoms with E-state index in [-0.39, 0.29) is 11.9 Å². The number of benzene rings is 1. The molecule has 0 saturated heterocycles. The summed E-state index contributed by atoms with van der Waals surface area (Å²) in [6, 6.07) is 5.09. The molecule has 0 bridgehead atoms. The maximum Gasteiger partial charge on any atom is 0.124 e. The Bertz CT molecular complexity index is 266. The van der Waals surface area contributed by atoms with Crippen molar-refractivity contribution in [3.8, 4) is 0 Å². The number of halogens is 2. The van der Waals surface area contributed by atoms with Crippen LogP contribution in [-0.4, -0.2) is 6.04 Å². The van der Waals surface area contributed by atoms with Gasteiger partial charge < -0.3 is 5.73 Å². The van der Waals surface area contributed by atoms with Gasteiger partial charge in [0.15, 0.2) is 0 Å². The summed E-state index contributed by atoms with van der Waals surface area (Å²) < 4.78 is 13.7. The summed E-state index contributed by atoms with van der Waals surface area (Å²) in [6.45, 7) is 1.95. The molecule has 0 aliphatic rings. The van der Waals surface area contributed by atoms with Crippen LogP contribution in [0.5, 0.6) is 0 Å². The van der Waals surface area contributed by atoms with Crippen molar-refractivity contribution in [2.24, 2.45) is 5.73 Å². The van der Waals surface area contributed by atoms with Crippen molar-refractivity contribution in [3.05, 3.63) is 34.1 Å². The summed E-state index contributed by atoms with van der Waals surface area (Å²) in [5, 5.41) is 0. The van der Waals surface area contributed by atoms with Gasteiger partial charge in [0.05, 0.1) is 0 Å². The molecule has 0 amide bonds. The van der Waals surface area contributed by atoms with Crippen LogP contribution in [0.25, 0.3) is 0 Å². The topological polar surface area (TPSA) is 26.0 Å². The molecule has 0 fully saturated rings. The van der Waals surface area contributed by atoms with Crippen molar-refractivity contribution < 1.29 is 4.39 Å². The molecule has 1 nitrogen and oxygen atoms in total. The molecular weight excluding hydrogens is 233 g/mol. The quantitative estimate of drug-likeness (QED) is 0.871. The molecule has 0 aliphatic carbocycles. The molecule has 0 saturated carbocycles. The van der Waals surface area contributed by atoms with Gasteiger partial charge in [-0.05, 0) is 43.5 Å². The van der Waals surface area contributed by atoms with Gasteiger partial charge in [-0.3, -0.25) is 0 Å². The lowest BCUT2D eigenvalue weighted by Gasteiger charge is -2.05. The number of nitrogens with two attached hydrogens (primary N) is 1. The molecule has 0 aromatic heterocycles. The van der Waals surface area contributed by atoms with Crippen molar-refractivity contribution in [2.45, 2.75) is 25.8 Å². The van der Waals surface area contributed by atoms with Gasteiger partial charge in [-0.1, -0.05) is 15.9 Å². The van der Waals surface area contributed by atoms with E-state index in [1.165, 1.54) is 6.07 Å². The van der Waals surface area contributed by atoms with Gasteiger partial charge in [0.1, 0.15) is 5.82 Å². The summed E-state index contributed by atoms with van der Waals surface area (Å²) in [5.74, 6) is -0.200. The first-order valence-electron chi connectivity index (χ1n) is 4.28. The van der Waals surface area contributed by atoms with E-state index in [2.05, 4.69) is 15.9 Å². The van der Waals surface area contributed by atoms with Crippen molar-refractivity contribution in [1.82, 2.24) is 0 Å². The monoisotopic (exact) mass is 245 g/mol. The Morgan fingerprint density at radius 2 is 2.15 bits per heavy atom. The van der Waals surface area contributed by atoms with Gasteiger partial charge in [0.2, 0.25) is 0 Å². The summed E-state index contributed by atoms with van der Waals surface area (Å²) in [5.41, 5.74) is 6.60. The third-order valence-corrected chi connectivity index (χ3v) is 2.27. The van der Waals surface area contributed by atoms with Crippen LogP contribution in [-0.2, 0) is 6.42 Å². The Balaban J connectivity index is 2.66. The summed E-state index contributed by atoms with van der Waals surface area (Å²) in [7, 11) is 0. The van der Waals surface area contributed by atoms with E-state index in [0.29, 0.717) is 0 Å². The highest BCUT2D eigenvalue weighted by Gasteiger charge is 2.00. The number of hydrogen-bond donors (Lipinski definition) is 1. The Hall–Kier alpha value is -0.410. The van der Waals surface area contributed by atoms with E-state index < -0.39 is 0 Å². The average Bonchev–Trinajstić information content (AvgIpc) is 1.99. The number of aryl methyl sites for hydroxylation is 1. The third-order valence-electron chi connectivity index (χ3n) is 1.81. The van der Waals surface area contributed by atoms with Crippen LogP contribution in [0.2, 0.25) is 0 Å². The van der Waals surface area contributed by atoms with Crippen LogP contribution >= 0.6 is 15.9 Å². The van der Waals surface area contributed by atoms with Crippen LogP contribution in [0.3, 0.4) is 0 Å². The maximum atomic E-state index is 12.9. The molecule has 3 heteroatoms. The first-order valence-corrected chi connectivity index (χ1v) is 5.08. The highest BCUT2D eigenvalue weighted by Crippen LogP contribution is 2.16. The van der Waals surface area contributed by atoms with E-state index in [9.17, 15) is 4.39 Å². The molecule has 1 unspecified atom stereocenters. The fourth-order valence-corrected chi connectivity index (χ4v) is 1.66. The van der Waals surface area contributed by atoms with E-state index in [1.807, 2.05) is 13.0 Å². The zero-order valence-corrected chi connectivity index (χ0v) is 9.14. The minimum atomic E-state index is -0.200. The van der Waals surface area contributed by atoms with Crippen molar-refractivity contribution in [1.29, 1.82) is 0 Å². The van der Waals surface area contributed by atoms with Crippen LogP contribution in [0.1, 0.15) is 18.9 Å². The van der Waals surface area contributed by atoms with E-state index in [0.717, 1.165) is 22.9 Å². The van der Waals surface area contributed by atoms with Crippen molar-refractivity contribution in [2.75, 3.05) is 0 Å². The standard InChI is InChI=1S/C10H13BrFN/c1-7(13)2-3-8-4-9(11)6-10(12)5-8/h4-7H,2-3,13H2,1H3. The predicted octanol–water partition coefficient (Wildman–Crippen LogP) is 2.87. The van der Waals surface area contributed by atoms with E-state index >= 15 is 0 Å². The van der Waals surface area contributed by atoms with Crippen LogP contribution in [0.4, 0.5) is 4.39 Å². The summed E-state index contributed by atoms with van der Waals surface area (Å²) in [6.07, 6.45) is 1.71. The molecule has 0 spiro atoms. The third kappa shape index (κ3) is 3.87. The second-order valence-corrected chi connectivity index (χ2v) is 4.21. The van der Waals surface area contributed by atoms with Crippen molar-refractivity contribution >= 4 is 15.9 Å². The molecule has 0 aliphatic heterocycles. The van der Waals surface area contributed by atoms with Crippen molar-refractivity contribution in [3.63, 3.8) is 0 Å². The Kier molecular flexibility index (Phi) is 3.88. The molecular formula is C10H13BrFN. The fourth-order valence-electron chi connectivity index (χ4n) is 1.15. The van der Waals surface area contributed by atoms with Gasteiger partial charge >= 0.3 is 0 Å². The Labute approximate surface area is 86.3 Å². The Morgan fingerprint density at radius 3 is 2.69 bits per heavy atom. The predicted molar refractivity (Wildman–Crippen MR) is 56.1 cm³/mol. The SMILES string of the molecule is CC(N)CCc1cc(F)cc(Br)c1. The summed E-state index contributed by atoms with van der Waals surface area (Å²) in [4.78, 5) is 0. The summed E-state index contributed by atoms with van der Waals surface area (Å²) >= 11 is 3.25. The molecule has 1 aromatic carbocycles. The molecule has 72 valence electrons. The number of rotatable bonds is 3. The second kappa shape index (κ2) is 4.72. The van der Waals surface area contributed by atoms with Gasteiger partial charge in [0, 0.05) is 10.5 Å². The first-order chi connectivity index (χ1) is 6.08. The lowest BCUT2D eigenvalue weighted by molar-refractivity contribution is 0.619. The first kappa shape index (κ1) is 10.7. The van der Waals surface area contributed by atoms with E-state index in [4.69, 9.17) is 5.73 Å². The molecule has 1 atom stereocenters. The minimum absolute atomic E-state index is 0.169. The van der Waals surface area contributed by atoms with Crippen LogP contribution in [0.15, 0.2) is 22.7 Å². The Morgan fingerprint density at radius 1 is 1.46 bits per heavy atom. The molecule has 0 radical (unpaired) electrons. The van der Waals surface area contributed by atoms with Gasteiger partial charge in [0.25, 0.3) is 0 Å². The largest absolute Gasteiger partial charge is 0.328 e. The van der Waals surface area contributed by atoms with Crippen LogP contribution < -0.4 is 5.73 Å². The van der Waals surface area contributed by atoms with Gasteiger partial charge in [-0.15, -0.1) is 0 Å². The lowest BCUT2D eigenvalue weighted by atomic mass is 10.1. The smallest absolute Gasteiger partial charge is 0.124 e. The van der Waals surface area contributed by atoms with Crippen LogP contribution in [0, 0.1) is 5.82 Å². The minimum Gasteiger partial charge on any atom is -0.328 e. The van der Waals surface area contributed by atoms with E-state index in [1.54, 1.807) is 6.07 Å². The highest BCUT2D eigenvalue weighted by atomic mass is 79.9. The molecule has 13 heavy (non-hydrogen) atoms. The molecule has 1 aromatic rings. The number of hydrogen-bond acceptors (Lipinski definition) is 1. The zero-order chi connectivity index (χ0) is 9.84. The fraction of sp³-hybridized carbons (Fsp3) is 0.400. The molecule has 1 rings (SSSR count). The van der Waals surface area contributed by atoms with Gasteiger partial charge in [-0.25, -0.2) is 4.39 Å². The molecule has 0 heterocycles. The maximum absolute atomic E-state index is 12.9. The second-order valence-electron chi connectivity index (χ2n) is 3.29. The molecule has 2 N–H and O–H groups in total. The average molecular weight is 246 g/mol. The normalized spacial score (nSPS) is 12.9. The van der Waals surface area contributed by atoms with Gasteiger partial charge in [-0.2, -0.15) is 0 Å².